The second-order valence-electron chi connectivity index (χ2n) is 6.30. The lowest BCUT2D eigenvalue weighted by Crippen LogP contribution is -2.08. The van der Waals surface area contributed by atoms with Crippen LogP contribution in [0.4, 0.5) is 0 Å². The molecule has 0 amide bonds. The molecule has 1 aromatic heterocycles. The fraction of sp³-hybridized carbons (Fsp3) is 0.444. The number of rotatable bonds is 3. The fourth-order valence-electron chi connectivity index (χ4n) is 2.90. The summed E-state index contributed by atoms with van der Waals surface area (Å²) in [5.74, 6) is 1.39. The predicted octanol–water partition coefficient (Wildman–Crippen LogP) is 3.41. The minimum atomic E-state index is 0.445. The van der Waals surface area contributed by atoms with E-state index in [4.69, 9.17) is 9.97 Å². The highest BCUT2D eigenvalue weighted by Gasteiger charge is 2.20. The van der Waals surface area contributed by atoms with Crippen molar-refractivity contribution >= 4 is 0 Å². The molecule has 0 fully saturated rings. The van der Waals surface area contributed by atoms with E-state index in [1.54, 1.807) is 0 Å². The van der Waals surface area contributed by atoms with Gasteiger partial charge in [0.2, 0.25) is 0 Å². The number of hydrogen-bond donors (Lipinski definition) is 1. The molecule has 0 spiro atoms. The Morgan fingerprint density at radius 2 is 1.90 bits per heavy atom. The molecule has 0 atom stereocenters. The van der Waals surface area contributed by atoms with E-state index in [-0.39, 0.29) is 0 Å². The van der Waals surface area contributed by atoms with E-state index in [0.29, 0.717) is 5.92 Å². The summed E-state index contributed by atoms with van der Waals surface area (Å²) in [4.78, 5) is 9.61. The molecule has 1 aliphatic heterocycles. The average Bonchev–Trinajstić information content (AvgIpc) is 2.90. The number of benzene rings is 1. The van der Waals surface area contributed by atoms with Crippen molar-refractivity contribution in [1.29, 1.82) is 0 Å². The summed E-state index contributed by atoms with van der Waals surface area (Å²) in [5, 5.41) is 3.39. The fourth-order valence-corrected chi connectivity index (χ4v) is 2.90. The van der Waals surface area contributed by atoms with Crippen LogP contribution in [0.25, 0.3) is 0 Å². The van der Waals surface area contributed by atoms with Gasteiger partial charge in [-0.2, -0.15) is 0 Å². The molecule has 3 nitrogen and oxygen atoms in total. The van der Waals surface area contributed by atoms with Crippen molar-refractivity contribution in [1.82, 2.24) is 15.3 Å². The third-order valence-electron chi connectivity index (χ3n) is 4.25. The van der Waals surface area contributed by atoms with Gasteiger partial charge in [0, 0.05) is 25.1 Å². The summed E-state index contributed by atoms with van der Waals surface area (Å²) in [6.07, 6.45) is 0.814. The lowest BCUT2D eigenvalue weighted by Gasteiger charge is -2.12. The second kappa shape index (κ2) is 5.57. The number of aromatic nitrogens is 2. The monoisotopic (exact) mass is 281 g/mol. The first kappa shape index (κ1) is 14.2. The Kier molecular flexibility index (Phi) is 3.77. The third-order valence-corrected chi connectivity index (χ3v) is 4.25. The average molecular weight is 281 g/mol. The zero-order valence-electron chi connectivity index (χ0n) is 13.3. The molecule has 0 aliphatic carbocycles. The van der Waals surface area contributed by atoms with Crippen molar-refractivity contribution < 1.29 is 0 Å². The molecule has 3 heteroatoms. The molecular weight excluding hydrogens is 258 g/mol. The van der Waals surface area contributed by atoms with E-state index in [1.807, 2.05) is 0 Å². The molecule has 110 valence electrons. The highest BCUT2D eigenvalue weighted by atomic mass is 15.0. The van der Waals surface area contributed by atoms with Crippen LogP contribution < -0.4 is 5.32 Å². The van der Waals surface area contributed by atoms with Crippen LogP contribution in [0.3, 0.4) is 0 Å². The number of fused-ring (bicyclic) bond motifs is 1. The molecule has 0 bridgehead atoms. The minimum absolute atomic E-state index is 0.445. The van der Waals surface area contributed by atoms with Gasteiger partial charge in [0.25, 0.3) is 0 Å². The summed E-state index contributed by atoms with van der Waals surface area (Å²) >= 11 is 0. The summed E-state index contributed by atoms with van der Waals surface area (Å²) < 4.78 is 0. The molecule has 21 heavy (non-hydrogen) atoms. The van der Waals surface area contributed by atoms with E-state index in [0.717, 1.165) is 25.3 Å². The minimum Gasteiger partial charge on any atom is -0.307 e. The molecule has 0 radical (unpaired) electrons. The zero-order chi connectivity index (χ0) is 15.0. The number of hydrogen-bond acceptors (Lipinski definition) is 3. The normalized spacial score (nSPS) is 13.8. The molecule has 2 aromatic rings. The van der Waals surface area contributed by atoms with Gasteiger partial charge in [-0.1, -0.05) is 32.0 Å². The van der Waals surface area contributed by atoms with Gasteiger partial charge in [-0.25, -0.2) is 9.97 Å². The van der Waals surface area contributed by atoms with Crippen LogP contribution >= 0.6 is 0 Å². The van der Waals surface area contributed by atoms with Crippen LogP contribution in [0.1, 0.15) is 59.2 Å². The maximum atomic E-state index is 4.84. The molecular formula is C18H23N3. The van der Waals surface area contributed by atoms with Gasteiger partial charge in [0.15, 0.2) is 0 Å². The molecule has 0 unspecified atom stereocenters. The Morgan fingerprint density at radius 3 is 2.62 bits per heavy atom. The number of aryl methyl sites for hydroxylation is 2. The maximum absolute atomic E-state index is 4.84. The van der Waals surface area contributed by atoms with Crippen molar-refractivity contribution in [3.05, 3.63) is 57.7 Å². The summed E-state index contributed by atoms with van der Waals surface area (Å²) in [6.45, 7) is 10.5. The Balaban J connectivity index is 1.95. The summed E-state index contributed by atoms with van der Waals surface area (Å²) in [6, 6.07) is 6.62. The van der Waals surface area contributed by atoms with E-state index in [1.165, 1.54) is 33.6 Å². The molecule has 3 rings (SSSR count). The van der Waals surface area contributed by atoms with Crippen molar-refractivity contribution in [2.45, 2.75) is 53.1 Å². The highest BCUT2D eigenvalue weighted by Crippen LogP contribution is 2.24. The van der Waals surface area contributed by atoms with Crippen LogP contribution in [0.15, 0.2) is 18.2 Å². The second-order valence-corrected chi connectivity index (χ2v) is 6.30. The summed E-state index contributed by atoms with van der Waals surface area (Å²) in [5.41, 5.74) is 7.67. The molecule has 2 heterocycles. The van der Waals surface area contributed by atoms with Crippen molar-refractivity contribution in [2.75, 3.05) is 0 Å². The molecule has 1 aromatic carbocycles. The van der Waals surface area contributed by atoms with Gasteiger partial charge in [-0.15, -0.1) is 0 Å². The van der Waals surface area contributed by atoms with Crippen molar-refractivity contribution in [3.8, 4) is 0 Å². The summed E-state index contributed by atoms with van der Waals surface area (Å²) in [7, 11) is 0. The molecule has 0 saturated carbocycles. The Bertz CT molecular complexity index is 674. The van der Waals surface area contributed by atoms with Gasteiger partial charge in [-0.3, -0.25) is 0 Å². The van der Waals surface area contributed by atoms with E-state index < -0.39 is 0 Å². The van der Waals surface area contributed by atoms with Gasteiger partial charge in [0.1, 0.15) is 5.82 Å². The Morgan fingerprint density at radius 1 is 1.10 bits per heavy atom. The van der Waals surface area contributed by atoms with Gasteiger partial charge >= 0.3 is 0 Å². The van der Waals surface area contributed by atoms with E-state index >= 15 is 0 Å². The maximum Gasteiger partial charge on any atom is 0.133 e. The van der Waals surface area contributed by atoms with Gasteiger partial charge in [-0.05, 0) is 36.5 Å². The lowest BCUT2D eigenvalue weighted by atomic mass is 10.0. The molecule has 1 aliphatic rings. The van der Waals surface area contributed by atoms with E-state index in [2.05, 4.69) is 51.2 Å². The SMILES string of the molecule is Cc1ccc(Cc2nc3c(c(C(C)C)n2)CNC3)cc1C. The van der Waals surface area contributed by atoms with Crippen molar-refractivity contribution in [3.63, 3.8) is 0 Å². The topological polar surface area (TPSA) is 37.8 Å². The Hall–Kier alpha value is -1.74. The molecule has 1 N–H and O–H groups in total. The first-order valence-electron chi connectivity index (χ1n) is 7.70. The first-order chi connectivity index (χ1) is 10.0. The smallest absolute Gasteiger partial charge is 0.133 e. The van der Waals surface area contributed by atoms with Crippen LogP contribution in [0.2, 0.25) is 0 Å². The van der Waals surface area contributed by atoms with Crippen molar-refractivity contribution in [2.24, 2.45) is 0 Å². The van der Waals surface area contributed by atoms with Gasteiger partial charge < -0.3 is 5.32 Å². The first-order valence-corrected chi connectivity index (χ1v) is 7.70. The van der Waals surface area contributed by atoms with Crippen LogP contribution in [-0.2, 0) is 19.5 Å². The quantitative estimate of drug-likeness (QED) is 0.937. The van der Waals surface area contributed by atoms with Crippen LogP contribution in [-0.4, -0.2) is 9.97 Å². The lowest BCUT2D eigenvalue weighted by molar-refractivity contribution is 0.745. The largest absolute Gasteiger partial charge is 0.307 e. The Labute approximate surface area is 126 Å². The third kappa shape index (κ3) is 2.84. The van der Waals surface area contributed by atoms with Crippen LogP contribution in [0.5, 0.6) is 0 Å². The highest BCUT2D eigenvalue weighted by molar-refractivity contribution is 5.34. The van der Waals surface area contributed by atoms with Crippen LogP contribution in [0, 0.1) is 13.8 Å². The zero-order valence-corrected chi connectivity index (χ0v) is 13.3. The number of nitrogens with zero attached hydrogens (tertiary/aromatic N) is 2. The van der Waals surface area contributed by atoms with E-state index in [9.17, 15) is 0 Å². The standard InChI is InChI=1S/C18H23N3/c1-11(2)18-15-9-19-10-16(15)20-17(21-18)8-14-6-5-12(3)13(4)7-14/h5-7,11,19H,8-10H2,1-4H3. The predicted molar refractivity (Wildman–Crippen MR) is 85.4 cm³/mol. The molecule has 0 saturated heterocycles. The number of nitrogens with one attached hydrogen (secondary N) is 1. The van der Waals surface area contributed by atoms with Gasteiger partial charge in [0.05, 0.1) is 11.4 Å².